The molecule has 0 radical (unpaired) electrons. The third-order valence-electron chi connectivity index (χ3n) is 3.10. The molecule has 1 aromatic rings. The molecule has 0 bridgehead atoms. The molecule has 2 amide bonds. The van der Waals surface area contributed by atoms with Gasteiger partial charge in [-0.15, -0.1) is 0 Å². The second-order valence-corrected chi connectivity index (χ2v) is 7.32. The van der Waals surface area contributed by atoms with E-state index in [1.807, 2.05) is 22.6 Å². The maximum absolute atomic E-state index is 14.0. The minimum Gasteiger partial charge on any atom is -0.444 e. The Morgan fingerprint density at radius 3 is 2.73 bits per heavy atom. The summed E-state index contributed by atoms with van der Waals surface area (Å²) in [5.41, 5.74) is -0.396. The Kier molecular flexibility index (Phi) is 4.93. The Morgan fingerprint density at radius 1 is 1.45 bits per heavy atom. The number of carbonyl (C=O) groups excluding carboxylic acids is 2. The summed E-state index contributed by atoms with van der Waals surface area (Å²) in [6.45, 7) is 5.60. The van der Waals surface area contributed by atoms with Crippen molar-refractivity contribution in [3.05, 3.63) is 27.6 Å². The van der Waals surface area contributed by atoms with E-state index in [9.17, 15) is 14.0 Å². The van der Waals surface area contributed by atoms with Gasteiger partial charge in [0.2, 0.25) is 5.91 Å². The normalized spacial score (nSPS) is 18.5. The molecule has 0 aromatic heterocycles. The number of amides is 2. The minimum absolute atomic E-state index is 0.235. The van der Waals surface area contributed by atoms with Crippen molar-refractivity contribution >= 4 is 40.3 Å². The van der Waals surface area contributed by atoms with Crippen LogP contribution < -0.4 is 10.2 Å². The molecule has 0 saturated carbocycles. The lowest BCUT2D eigenvalue weighted by atomic mass is 10.2. The van der Waals surface area contributed by atoms with E-state index in [0.29, 0.717) is 13.0 Å². The number of carbonyl (C=O) groups is 2. The molecular weight excluding hydrogens is 402 g/mol. The summed E-state index contributed by atoms with van der Waals surface area (Å²) in [5, 5.41) is 2.54. The average Bonchev–Trinajstić information content (AvgIpc) is 2.69. The quantitative estimate of drug-likeness (QED) is 0.749. The van der Waals surface area contributed by atoms with Gasteiger partial charge in [0, 0.05) is 10.1 Å². The van der Waals surface area contributed by atoms with Gasteiger partial charge >= 0.3 is 6.09 Å². The number of alkyl carbamates (subject to hydrolysis) is 1. The lowest BCUT2D eigenvalue weighted by Gasteiger charge is -2.22. The molecule has 1 aliphatic rings. The van der Waals surface area contributed by atoms with Crippen molar-refractivity contribution in [2.75, 3.05) is 11.4 Å². The first-order valence-electron chi connectivity index (χ1n) is 6.93. The number of halogens is 2. The summed E-state index contributed by atoms with van der Waals surface area (Å²) in [4.78, 5) is 25.4. The highest BCUT2D eigenvalue weighted by Crippen LogP contribution is 2.26. The van der Waals surface area contributed by atoms with Gasteiger partial charge in [0.15, 0.2) is 0 Å². The van der Waals surface area contributed by atoms with Gasteiger partial charge in [-0.05, 0) is 68.0 Å². The topological polar surface area (TPSA) is 58.6 Å². The molecule has 0 aliphatic carbocycles. The maximum Gasteiger partial charge on any atom is 0.408 e. The second-order valence-electron chi connectivity index (χ2n) is 6.07. The zero-order chi connectivity index (χ0) is 16.5. The van der Waals surface area contributed by atoms with Crippen LogP contribution in [0.15, 0.2) is 18.2 Å². The van der Waals surface area contributed by atoms with Crippen molar-refractivity contribution in [3.8, 4) is 0 Å². The molecule has 120 valence electrons. The molecule has 1 N–H and O–H groups in total. The maximum atomic E-state index is 14.0. The van der Waals surface area contributed by atoms with E-state index >= 15 is 0 Å². The van der Waals surface area contributed by atoms with E-state index in [2.05, 4.69) is 5.32 Å². The van der Waals surface area contributed by atoms with E-state index in [1.54, 1.807) is 32.9 Å². The lowest BCUT2D eigenvalue weighted by molar-refractivity contribution is -0.118. The van der Waals surface area contributed by atoms with Gasteiger partial charge in [-0.3, -0.25) is 4.79 Å². The Hall–Kier alpha value is -1.38. The fraction of sp³-hybridized carbons (Fsp3) is 0.467. The molecule has 5 nitrogen and oxygen atoms in total. The third kappa shape index (κ3) is 4.08. The van der Waals surface area contributed by atoms with Crippen LogP contribution in [-0.2, 0) is 9.53 Å². The summed E-state index contributed by atoms with van der Waals surface area (Å²) in [5.74, 6) is -0.774. The highest BCUT2D eigenvalue weighted by molar-refractivity contribution is 14.1. The highest BCUT2D eigenvalue weighted by atomic mass is 127. The van der Waals surface area contributed by atoms with Crippen molar-refractivity contribution in [1.82, 2.24) is 5.32 Å². The van der Waals surface area contributed by atoms with Crippen LogP contribution in [0.5, 0.6) is 0 Å². The van der Waals surface area contributed by atoms with Gasteiger partial charge in [-0.2, -0.15) is 0 Å². The average molecular weight is 420 g/mol. The lowest BCUT2D eigenvalue weighted by Crippen LogP contribution is -2.43. The van der Waals surface area contributed by atoms with Gasteiger partial charge in [-0.1, -0.05) is 0 Å². The number of nitrogens with zero attached hydrogens (tertiary/aromatic N) is 1. The molecule has 1 unspecified atom stereocenters. The number of ether oxygens (including phenoxy) is 1. The Bertz CT molecular complexity index is 601. The molecule has 1 saturated heterocycles. The van der Waals surface area contributed by atoms with Crippen LogP contribution in [0.25, 0.3) is 0 Å². The zero-order valence-corrected chi connectivity index (χ0v) is 14.8. The monoisotopic (exact) mass is 420 g/mol. The molecule has 2 rings (SSSR count). The molecule has 0 spiro atoms. The molecule has 7 heteroatoms. The predicted octanol–water partition coefficient (Wildman–Crippen LogP) is 3.06. The SMILES string of the molecule is CC(C)(C)OC(=O)NC1CCN(c2ccc(I)cc2F)C1=O. The van der Waals surface area contributed by atoms with Crippen LogP contribution in [0.1, 0.15) is 27.2 Å². The first-order valence-corrected chi connectivity index (χ1v) is 8.01. The molecule has 1 aromatic carbocycles. The number of nitrogens with one attached hydrogen (secondary N) is 1. The van der Waals surface area contributed by atoms with E-state index < -0.39 is 23.6 Å². The van der Waals surface area contributed by atoms with Crippen LogP contribution in [-0.4, -0.2) is 30.2 Å². The minimum atomic E-state index is -0.687. The van der Waals surface area contributed by atoms with Crippen LogP contribution >= 0.6 is 22.6 Å². The molecule has 1 fully saturated rings. The second kappa shape index (κ2) is 6.39. The summed E-state index contributed by atoms with van der Waals surface area (Å²) < 4.78 is 19.9. The fourth-order valence-electron chi connectivity index (χ4n) is 2.20. The predicted molar refractivity (Wildman–Crippen MR) is 89.2 cm³/mol. The number of hydrogen-bond donors (Lipinski definition) is 1. The largest absolute Gasteiger partial charge is 0.444 e. The summed E-state index contributed by atoms with van der Waals surface area (Å²) in [6, 6.07) is 4.00. The van der Waals surface area contributed by atoms with E-state index in [4.69, 9.17) is 4.74 Å². The Labute approximate surface area is 142 Å². The zero-order valence-electron chi connectivity index (χ0n) is 12.7. The molecule has 1 aliphatic heterocycles. The summed E-state index contributed by atoms with van der Waals surface area (Å²) in [6.07, 6.45) is -0.223. The number of rotatable bonds is 2. The van der Waals surface area contributed by atoms with Crippen LogP contribution in [0.3, 0.4) is 0 Å². The van der Waals surface area contributed by atoms with Crippen LogP contribution in [0, 0.1) is 9.39 Å². The summed E-state index contributed by atoms with van der Waals surface area (Å²) in [7, 11) is 0. The van der Waals surface area contributed by atoms with E-state index in [-0.39, 0.29) is 11.6 Å². The van der Waals surface area contributed by atoms with Gasteiger partial charge in [0.05, 0.1) is 5.69 Å². The van der Waals surface area contributed by atoms with Gasteiger partial charge in [0.25, 0.3) is 0 Å². The number of anilines is 1. The molecule has 1 atom stereocenters. The molecular formula is C15H18FIN2O3. The molecule has 22 heavy (non-hydrogen) atoms. The van der Waals surface area contributed by atoms with Crippen molar-refractivity contribution in [2.45, 2.75) is 38.8 Å². The Morgan fingerprint density at radius 2 is 2.14 bits per heavy atom. The summed E-state index contributed by atoms with van der Waals surface area (Å²) >= 11 is 2.01. The Balaban J connectivity index is 2.05. The molecule has 1 heterocycles. The van der Waals surface area contributed by atoms with Crippen molar-refractivity contribution in [1.29, 1.82) is 0 Å². The van der Waals surface area contributed by atoms with Crippen molar-refractivity contribution in [3.63, 3.8) is 0 Å². The van der Waals surface area contributed by atoms with Crippen molar-refractivity contribution < 1.29 is 18.7 Å². The van der Waals surface area contributed by atoms with Crippen molar-refractivity contribution in [2.24, 2.45) is 0 Å². The first-order chi connectivity index (χ1) is 10.2. The van der Waals surface area contributed by atoms with Gasteiger partial charge in [-0.25, -0.2) is 9.18 Å². The van der Waals surface area contributed by atoms with E-state index in [1.165, 1.54) is 11.0 Å². The van der Waals surface area contributed by atoms with Crippen LogP contribution in [0.4, 0.5) is 14.9 Å². The first kappa shape index (κ1) is 17.0. The van der Waals surface area contributed by atoms with Gasteiger partial charge in [0.1, 0.15) is 17.5 Å². The third-order valence-corrected chi connectivity index (χ3v) is 3.77. The number of hydrogen-bond acceptors (Lipinski definition) is 3. The van der Waals surface area contributed by atoms with E-state index in [0.717, 1.165) is 3.57 Å². The fourth-order valence-corrected chi connectivity index (χ4v) is 2.66. The van der Waals surface area contributed by atoms with Gasteiger partial charge < -0.3 is 15.0 Å². The smallest absolute Gasteiger partial charge is 0.408 e. The van der Waals surface area contributed by atoms with Crippen LogP contribution in [0.2, 0.25) is 0 Å². The number of benzene rings is 1. The standard InChI is InChI=1S/C15H18FIN2O3/c1-15(2,3)22-14(21)18-11-6-7-19(13(11)20)12-5-4-9(17)8-10(12)16/h4-5,8,11H,6-7H2,1-3H3,(H,18,21). The highest BCUT2D eigenvalue weighted by Gasteiger charge is 2.35.